The molecule has 0 radical (unpaired) electrons. The molecule has 34 heavy (non-hydrogen) atoms. The Morgan fingerprint density at radius 3 is 2.59 bits per heavy atom. The first-order valence-corrected chi connectivity index (χ1v) is 12.3. The Labute approximate surface area is 192 Å². The molecule has 1 atom stereocenters. The van der Waals surface area contributed by atoms with Crippen LogP contribution in [0.2, 0.25) is 0 Å². The van der Waals surface area contributed by atoms with Crippen LogP contribution in [-0.2, 0) is 22.6 Å². The van der Waals surface area contributed by atoms with E-state index in [-0.39, 0.29) is 58.7 Å². The summed E-state index contributed by atoms with van der Waals surface area (Å²) in [4.78, 5) is 15.2. The normalized spacial score (nSPS) is 20.2. The fourth-order valence-electron chi connectivity index (χ4n) is 4.58. The first-order chi connectivity index (χ1) is 16.1. The quantitative estimate of drug-likeness (QED) is 0.546. The minimum Gasteiger partial charge on any atom is -0.496 e. The number of alkyl halides is 3. The number of methoxy groups -OCH3 is 1. The lowest BCUT2D eigenvalue weighted by Crippen LogP contribution is -2.41. The Hall–Kier alpha value is -3.05. The van der Waals surface area contributed by atoms with E-state index in [9.17, 15) is 26.4 Å². The highest BCUT2D eigenvalue weighted by Crippen LogP contribution is 2.42. The molecule has 2 aliphatic heterocycles. The van der Waals surface area contributed by atoms with Crippen molar-refractivity contribution in [1.82, 2.24) is 4.90 Å². The van der Waals surface area contributed by atoms with E-state index in [0.717, 1.165) is 0 Å². The molecule has 2 aromatic carbocycles. The standard InChI is InChI=1S/C23H20F3NO6S/c1-31-17-5-3-2-4-14(17)19-20(28)15-6-7-18-16(21(15)33-22(19)23(24,25)26)10-27(12-32-18)13-8-9-34(29,30)11-13/h2-7,13H,8-12H2,1H3/t13-/m0/s1. The number of benzene rings is 2. The number of nitrogens with zero attached hydrogens (tertiary/aromatic N) is 1. The second kappa shape index (κ2) is 8.02. The van der Waals surface area contributed by atoms with E-state index < -0.39 is 32.8 Å². The molecule has 1 aromatic heterocycles. The van der Waals surface area contributed by atoms with Gasteiger partial charge in [-0.3, -0.25) is 9.69 Å². The summed E-state index contributed by atoms with van der Waals surface area (Å²) >= 11 is 0. The summed E-state index contributed by atoms with van der Waals surface area (Å²) in [6, 6.07) is 8.52. The molecule has 7 nitrogen and oxygen atoms in total. The summed E-state index contributed by atoms with van der Waals surface area (Å²) in [5.74, 6) is -1.03. The number of halogens is 3. The topological polar surface area (TPSA) is 86.1 Å². The fourth-order valence-corrected chi connectivity index (χ4v) is 6.34. The second-order valence-corrected chi connectivity index (χ2v) is 10.6. The van der Waals surface area contributed by atoms with Crippen LogP contribution in [0.3, 0.4) is 0 Å². The minimum absolute atomic E-state index is 0.0280. The van der Waals surface area contributed by atoms with Gasteiger partial charge in [-0.2, -0.15) is 13.2 Å². The van der Waals surface area contributed by atoms with Crippen molar-refractivity contribution in [1.29, 1.82) is 0 Å². The molecule has 3 heterocycles. The zero-order valence-corrected chi connectivity index (χ0v) is 18.8. The molecule has 5 rings (SSSR count). The van der Waals surface area contributed by atoms with Crippen LogP contribution in [0.25, 0.3) is 22.1 Å². The number of ether oxygens (including phenoxy) is 2. The van der Waals surface area contributed by atoms with Gasteiger partial charge < -0.3 is 13.9 Å². The first kappa shape index (κ1) is 22.7. The van der Waals surface area contributed by atoms with Crippen molar-refractivity contribution in [2.45, 2.75) is 25.2 Å². The van der Waals surface area contributed by atoms with Gasteiger partial charge in [-0.1, -0.05) is 18.2 Å². The predicted molar refractivity (Wildman–Crippen MR) is 118 cm³/mol. The van der Waals surface area contributed by atoms with Crippen molar-refractivity contribution in [3.05, 3.63) is 57.9 Å². The number of para-hydroxylation sites is 1. The second-order valence-electron chi connectivity index (χ2n) is 8.33. The third-order valence-corrected chi connectivity index (χ3v) is 7.98. The summed E-state index contributed by atoms with van der Waals surface area (Å²) in [5, 5.41) is -0.0304. The largest absolute Gasteiger partial charge is 0.496 e. The highest BCUT2D eigenvalue weighted by molar-refractivity contribution is 7.91. The molecule has 0 bridgehead atoms. The van der Waals surface area contributed by atoms with Crippen LogP contribution in [0.1, 0.15) is 17.7 Å². The molecule has 0 spiro atoms. The molecule has 2 aliphatic rings. The lowest BCUT2D eigenvalue weighted by atomic mass is 9.99. The van der Waals surface area contributed by atoms with Crippen LogP contribution in [0.15, 0.2) is 45.6 Å². The van der Waals surface area contributed by atoms with Gasteiger partial charge in [0.25, 0.3) is 0 Å². The maximum absolute atomic E-state index is 14.1. The summed E-state index contributed by atoms with van der Waals surface area (Å²) in [6.45, 7) is 0.190. The van der Waals surface area contributed by atoms with Crippen LogP contribution in [0, 0.1) is 0 Å². The third-order valence-electron chi connectivity index (χ3n) is 6.23. The smallest absolute Gasteiger partial charge is 0.450 e. The fraction of sp³-hybridized carbons (Fsp3) is 0.348. The molecule has 11 heteroatoms. The van der Waals surface area contributed by atoms with E-state index >= 15 is 0 Å². The highest BCUT2D eigenvalue weighted by Gasteiger charge is 2.41. The van der Waals surface area contributed by atoms with Gasteiger partial charge in [-0.25, -0.2) is 8.42 Å². The van der Waals surface area contributed by atoms with Crippen LogP contribution in [0.4, 0.5) is 13.2 Å². The molecule has 180 valence electrons. The number of hydrogen-bond acceptors (Lipinski definition) is 7. The molecular formula is C23H20F3NO6S. The van der Waals surface area contributed by atoms with Gasteiger partial charge in [0, 0.05) is 18.2 Å². The average Bonchev–Trinajstić information content (AvgIpc) is 3.17. The van der Waals surface area contributed by atoms with E-state index in [1.165, 1.54) is 37.4 Å². The summed E-state index contributed by atoms with van der Waals surface area (Å²) < 4.78 is 82.5. The zero-order valence-electron chi connectivity index (χ0n) is 18.0. The lowest BCUT2D eigenvalue weighted by molar-refractivity contribution is -0.152. The molecule has 0 N–H and O–H groups in total. The maximum Gasteiger partial charge on any atom is 0.450 e. The molecule has 0 saturated carbocycles. The van der Waals surface area contributed by atoms with Crippen molar-refractivity contribution < 1.29 is 35.5 Å². The highest BCUT2D eigenvalue weighted by atomic mass is 32.2. The minimum atomic E-state index is -4.96. The first-order valence-electron chi connectivity index (χ1n) is 10.5. The molecule has 3 aromatic rings. The van der Waals surface area contributed by atoms with Gasteiger partial charge in [0.2, 0.25) is 11.2 Å². The van der Waals surface area contributed by atoms with Crippen molar-refractivity contribution in [2.24, 2.45) is 0 Å². The summed E-state index contributed by atoms with van der Waals surface area (Å²) in [7, 11) is -1.87. The van der Waals surface area contributed by atoms with E-state index in [1.54, 1.807) is 11.0 Å². The Balaban J connectivity index is 1.71. The van der Waals surface area contributed by atoms with Crippen LogP contribution in [-0.4, -0.2) is 44.7 Å². The van der Waals surface area contributed by atoms with Crippen molar-refractivity contribution in [2.75, 3.05) is 25.3 Å². The van der Waals surface area contributed by atoms with E-state index in [0.29, 0.717) is 12.2 Å². The Morgan fingerprint density at radius 2 is 1.91 bits per heavy atom. The molecule has 0 aliphatic carbocycles. The van der Waals surface area contributed by atoms with Gasteiger partial charge in [-0.05, 0) is 24.6 Å². The van der Waals surface area contributed by atoms with E-state index in [2.05, 4.69) is 0 Å². The van der Waals surface area contributed by atoms with Gasteiger partial charge >= 0.3 is 6.18 Å². The maximum atomic E-state index is 14.1. The molecule has 1 fully saturated rings. The molecular weight excluding hydrogens is 475 g/mol. The van der Waals surface area contributed by atoms with E-state index in [4.69, 9.17) is 13.9 Å². The van der Waals surface area contributed by atoms with Gasteiger partial charge in [-0.15, -0.1) is 0 Å². The molecule has 1 saturated heterocycles. The SMILES string of the molecule is COc1ccccc1-c1c(C(F)(F)F)oc2c3c(ccc2c1=O)OCN([C@H]1CCS(=O)(=O)C1)C3. The van der Waals surface area contributed by atoms with Gasteiger partial charge in [0.1, 0.15) is 23.8 Å². The third kappa shape index (κ3) is 3.82. The molecule has 0 amide bonds. The van der Waals surface area contributed by atoms with Crippen molar-refractivity contribution >= 4 is 20.8 Å². The zero-order chi connectivity index (χ0) is 24.3. The lowest BCUT2D eigenvalue weighted by Gasteiger charge is -2.33. The Morgan fingerprint density at radius 1 is 1.15 bits per heavy atom. The van der Waals surface area contributed by atoms with Gasteiger partial charge in [0.05, 0.1) is 35.1 Å². The van der Waals surface area contributed by atoms with Crippen LogP contribution in [0.5, 0.6) is 11.5 Å². The Kier molecular flexibility index (Phi) is 5.36. The summed E-state index contributed by atoms with van der Waals surface area (Å²) in [6.07, 6.45) is -4.55. The van der Waals surface area contributed by atoms with Crippen LogP contribution < -0.4 is 14.9 Å². The van der Waals surface area contributed by atoms with Gasteiger partial charge in [0.15, 0.2) is 9.84 Å². The number of hydrogen-bond donors (Lipinski definition) is 0. The number of sulfone groups is 1. The predicted octanol–water partition coefficient (Wildman–Crippen LogP) is 3.83. The average molecular weight is 495 g/mol. The number of rotatable bonds is 3. The number of fused-ring (bicyclic) bond motifs is 3. The van der Waals surface area contributed by atoms with Crippen molar-refractivity contribution in [3.8, 4) is 22.6 Å². The van der Waals surface area contributed by atoms with Crippen molar-refractivity contribution in [3.63, 3.8) is 0 Å². The summed E-state index contributed by atoms with van der Waals surface area (Å²) in [5.41, 5.74) is -1.45. The van der Waals surface area contributed by atoms with E-state index in [1.807, 2.05) is 0 Å². The Bertz CT molecular complexity index is 1450. The monoisotopic (exact) mass is 495 g/mol. The molecule has 0 unspecified atom stereocenters. The van der Waals surface area contributed by atoms with Crippen LogP contribution >= 0.6 is 0 Å².